The van der Waals surface area contributed by atoms with Crippen molar-refractivity contribution in [3.8, 4) is 0 Å². The summed E-state index contributed by atoms with van der Waals surface area (Å²) in [5.41, 5.74) is 2.82. The van der Waals surface area contributed by atoms with E-state index in [0.29, 0.717) is 19.5 Å². The second-order valence-corrected chi connectivity index (χ2v) is 13.3. The van der Waals surface area contributed by atoms with Crippen molar-refractivity contribution in [3.05, 3.63) is 42.0 Å². The van der Waals surface area contributed by atoms with Crippen LogP contribution in [0.2, 0.25) is 0 Å². The lowest BCUT2D eigenvalue weighted by atomic mass is 9.71. The third-order valence-corrected chi connectivity index (χ3v) is 11.4. The van der Waals surface area contributed by atoms with Crippen molar-refractivity contribution in [3.63, 3.8) is 0 Å². The summed E-state index contributed by atoms with van der Waals surface area (Å²) in [5, 5.41) is 9.04. The Labute approximate surface area is 238 Å². The predicted molar refractivity (Wildman–Crippen MR) is 155 cm³/mol. The lowest BCUT2D eigenvalue weighted by Gasteiger charge is -2.38. The zero-order chi connectivity index (χ0) is 27.6. The number of fused-ring (bicyclic) bond motifs is 1. The minimum atomic E-state index is -0.703. The quantitative estimate of drug-likeness (QED) is 0.164. The van der Waals surface area contributed by atoms with Crippen molar-refractivity contribution in [1.29, 1.82) is 0 Å². The molecule has 3 unspecified atom stereocenters. The fourth-order valence-corrected chi connectivity index (χ4v) is 10.3. The summed E-state index contributed by atoms with van der Waals surface area (Å²) in [6.45, 7) is 10.9. The van der Waals surface area contributed by atoms with Crippen molar-refractivity contribution >= 4 is 51.2 Å². The SMILES string of the molecule is C=CCN(C(=O)C1N(CCCCCCO)C(=O)[C@@H]2[C@@H](C(=O)OCC)[C@@H]3SC12CC3Br)c1c(C)cccc1C. The summed E-state index contributed by atoms with van der Waals surface area (Å²) in [4.78, 5) is 45.5. The molecular formula is C29H39BrN2O5S. The molecule has 3 saturated heterocycles. The van der Waals surface area contributed by atoms with Gasteiger partial charge in [0.2, 0.25) is 5.91 Å². The van der Waals surface area contributed by atoms with E-state index in [4.69, 9.17) is 9.84 Å². The molecule has 0 saturated carbocycles. The highest BCUT2D eigenvalue weighted by molar-refractivity contribution is 9.09. The number of aryl methyl sites for hydroxylation is 2. The fraction of sp³-hybridized carbons (Fsp3) is 0.621. The van der Waals surface area contributed by atoms with Gasteiger partial charge in [-0.25, -0.2) is 0 Å². The first-order valence-corrected chi connectivity index (χ1v) is 15.4. The monoisotopic (exact) mass is 606 g/mol. The number of carbonyl (C=O) groups excluding carboxylic acids is 3. The predicted octanol–water partition coefficient (Wildman–Crippen LogP) is 4.40. The Morgan fingerprint density at radius 3 is 2.58 bits per heavy atom. The molecule has 3 aliphatic rings. The van der Waals surface area contributed by atoms with Gasteiger partial charge in [0.15, 0.2) is 0 Å². The summed E-state index contributed by atoms with van der Waals surface area (Å²) in [6, 6.07) is 5.27. The first kappa shape index (κ1) is 29.2. The number of hydrogen-bond donors (Lipinski definition) is 1. The highest BCUT2D eigenvalue weighted by Gasteiger charge is 2.76. The lowest BCUT2D eigenvalue weighted by molar-refractivity contribution is -0.153. The van der Waals surface area contributed by atoms with Crippen LogP contribution < -0.4 is 4.90 Å². The fourth-order valence-electron chi connectivity index (χ4n) is 6.70. The van der Waals surface area contributed by atoms with Gasteiger partial charge < -0.3 is 19.6 Å². The Morgan fingerprint density at radius 1 is 1.26 bits per heavy atom. The maximum absolute atomic E-state index is 14.7. The number of amides is 2. The van der Waals surface area contributed by atoms with Crippen LogP contribution in [0.1, 0.15) is 50.2 Å². The molecule has 2 amide bonds. The molecule has 4 rings (SSSR count). The van der Waals surface area contributed by atoms with Gasteiger partial charge in [-0.1, -0.05) is 53.0 Å². The van der Waals surface area contributed by atoms with Crippen LogP contribution in [0.3, 0.4) is 0 Å². The third-order valence-electron chi connectivity index (χ3n) is 8.18. The molecule has 0 aromatic heterocycles. The van der Waals surface area contributed by atoms with E-state index >= 15 is 0 Å². The van der Waals surface area contributed by atoms with E-state index < -0.39 is 22.6 Å². The second kappa shape index (κ2) is 12.1. The van der Waals surface area contributed by atoms with Crippen LogP contribution in [0, 0.1) is 25.7 Å². The molecule has 2 bridgehead atoms. The second-order valence-electron chi connectivity index (χ2n) is 10.6. The van der Waals surface area contributed by atoms with E-state index in [2.05, 4.69) is 22.5 Å². The number of anilines is 1. The van der Waals surface area contributed by atoms with Crippen LogP contribution in [0.25, 0.3) is 0 Å². The highest BCUT2D eigenvalue weighted by atomic mass is 79.9. The maximum atomic E-state index is 14.7. The largest absolute Gasteiger partial charge is 0.466 e. The van der Waals surface area contributed by atoms with Crippen LogP contribution in [0.4, 0.5) is 5.69 Å². The van der Waals surface area contributed by atoms with E-state index in [1.165, 1.54) is 0 Å². The molecule has 1 aromatic carbocycles. The molecule has 6 atom stereocenters. The molecule has 7 nitrogen and oxygen atoms in total. The van der Waals surface area contributed by atoms with Gasteiger partial charge in [-0.05, 0) is 51.2 Å². The Bertz CT molecular complexity index is 1060. The van der Waals surface area contributed by atoms with Gasteiger partial charge >= 0.3 is 5.97 Å². The Hall–Kier alpha value is -1.84. The molecule has 38 heavy (non-hydrogen) atoms. The smallest absolute Gasteiger partial charge is 0.310 e. The third kappa shape index (κ3) is 4.94. The average molecular weight is 608 g/mol. The van der Waals surface area contributed by atoms with E-state index in [0.717, 1.165) is 42.5 Å². The van der Waals surface area contributed by atoms with Gasteiger partial charge in [-0.3, -0.25) is 14.4 Å². The van der Waals surface area contributed by atoms with E-state index in [1.807, 2.05) is 32.0 Å². The van der Waals surface area contributed by atoms with Crippen molar-refractivity contribution in [1.82, 2.24) is 4.90 Å². The molecule has 3 heterocycles. The van der Waals surface area contributed by atoms with E-state index in [-0.39, 0.29) is 41.1 Å². The van der Waals surface area contributed by atoms with Gasteiger partial charge in [0.05, 0.1) is 23.2 Å². The van der Waals surface area contributed by atoms with E-state index in [1.54, 1.807) is 34.6 Å². The van der Waals surface area contributed by atoms with Crippen LogP contribution in [0.15, 0.2) is 30.9 Å². The summed E-state index contributed by atoms with van der Waals surface area (Å²) in [7, 11) is 0. The first-order chi connectivity index (χ1) is 18.2. The number of benzene rings is 1. The van der Waals surface area contributed by atoms with Gasteiger partial charge in [0.1, 0.15) is 6.04 Å². The zero-order valence-electron chi connectivity index (χ0n) is 22.5. The summed E-state index contributed by atoms with van der Waals surface area (Å²) in [5.74, 6) is -1.74. The van der Waals surface area contributed by atoms with Gasteiger partial charge in [-0.15, -0.1) is 18.3 Å². The van der Waals surface area contributed by atoms with Crippen molar-refractivity contribution in [2.24, 2.45) is 11.8 Å². The Morgan fingerprint density at radius 2 is 1.95 bits per heavy atom. The zero-order valence-corrected chi connectivity index (χ0v) is 24.9. The van der Waals surface area contributed by atoms with E-state index in [9.17, 15) is 14.4 Å². The number of hydrogen-bond acceptors (Lipinski definition) is 6. The number of ether oxygens (including phenoxy) is 1. The number of rotatable bonds is 12. The molecule has 1 N–H and O–H groups in total. The molecule has 1 spiro atoms. The number of likely N-dealkylation sites (tertiary alicyclic amines) is 1. The summed E-state index contributed by atoms with van der Waals surface area (Å²) in [6.07, 6.45) is 5.54. The number of halogens is 1. The Kier molecular flexibility index (Phi) is 9.30. The van der Waals surface area contributed by atoms with Crippen molar-refractivity contribution < 1.29 is 24.2 Å². The molecule has 208 valence electrons. The maximum Gasteiger partial charge on any atom is 0.310 e. The normalized spacial score (nSPS) is 29.4. The summed E-state index contributed by atoms with van der Waals surface area (Å²) >= 11 is 5.43. The molecule has 1 aromatic rings. The number of aliphatic hydroxyl groups is 1. The van der Waals surface area contributed by atoms with Crippen LogP contribution in [-0.2, 0) is 19.1 Å². The number of thioether (sulfide) groups is 1. The molecule has 9 heteroatoms. The summed E-state index contributed by atoms with van der Waals surface area (Å²) < 4.78 is 4.74. The molecule has 3 aliphatic heterocycles. The molecule has 0 aliphatic carbocycles. The molecular weight excluding hydrogens is 568 g/mol. The Balaban J connectivity index is 1.76. The van der Waals surface area contributed by atoms with Gasteiger partial charge in [0.25, 0.3) is 5.91 Å². The minimum Gasteiger partial charge on any atom is -0.466 e. The van der Waals surface area contributed by atoms with Crippen LogP contribution in [0.5, 0.6) is 0 Å². The number of unbranched alkanes of at least 4 members (excludes halogenated alkanes) is 3. The number of alkyl halides is 1. The lowest BCUT2D eigenvalue weighted by Crippen LogP contribution is -2.56. The van der Waals surface area contributed by atoms with Crippen LogP contribution in [-0.4, -0.2) is 75.0 Å². The van der Waals surface area contributed by atoms with Crippen molar-refractivity contribution in [2.75, 3.05) is 31.2 Å². The van der Waals surface area contributed by atoms with Crippen molar-refractivity contribution in [2.45, 2.75) is 73.7 Å². The standard InChI is InChI=1S/C29H39BrN2O5S/c1-5-14-31(23-18(3)12-11-13-19(23)4)27(35)25-29-17-20(30)24(38-29)21(28(36)37-6-2)22(29)26(34)32(25)15-9-7-8-10-16-33/h5,11-13,20-22,24-25,33H,1,6-10,14-17H2,2-4H3/t20?,21-,22+,24-,25?,29?/m1/s1. The van der Waals surface area contributed by atoms with Gasteiger partial charge in [0, 0.05) is 35.5 Å². The number of esters is 1. The topological polar surface area (TPSA) is 87.2 Å². The number of aliphatic hydroxyl groups excluding tert-OH is 1. The minimum absolute atomic E-state index is 0.0128. The highest BCUT2D eigenvalue weighted by Crippen LogP contribution is 2.68. The average Bonchev–Trinajstić information content (AvgIpc) is 3.46. The van der Waals surface area contributed by atoms with Gasteiger partial charge in [-0.2, -0.15) is 0 Å². The first-order valence-electron chi connectivity index (χ1n) is 13.6. The number of carbonyl (C=O) groups is 3. The molecule has 3 fully saturated rings. The number of nitrogens with zero attached hydrogens (tertiary/aromatic N) is 2. The number of para-hydroxylation sites is 1. The van der Waals surface area contributed by atoms with Crippen LogP contribution >= 0.6 is 27.7 Å². The molecule has 0 radical (unpaired) electrons.